The summed E-state index contributed by atoms with van der Waals surface area (Å²) < 4.78 is 25.8. The maximum Gasteiger partial charge on any atom is 0.282 e. The third-order valence-electron chi connectivity index (χ3n) is 1.79. The minimum absolute atomic E-state index is 0.236. The molecule has 13 heavy (non-hydrogen) atoms. The molecule has 1 aromatic heterocycles. The van der Waals surface area contributed by atoms with E-state index in [2.05, 4.69) is 9.97 Å². The van der Waals surface area contributed by atoms with E-state index in [9.17, 15) is 8.78 Å². The van der Waals surface area contributed by atoms with Crippen molar-refractivity contribution in [3.05, 3.63) is 16.1 Å². The zero-order valence-corrected chi connectivity index (χ0v) is 8.70. The molecule has 0 aliphatic carbocycles. The van der Waals surface area contributed by atoms with E-state index in [1.54, 1.807) is 11.1 Å². The number of anilines is 1. The average molecular weight is 297 g/mol. The van der Waals surface area contributed by atoms with E-state index in [4.69, 9.17) is 0 Å². The molecular weight excluding hydrogens is 291 g/mol. The van der Waals surface area contributed by atoms with Crippen LogP contribution in [0.5, 0.6) is 0 Å². The van der Waals surface area contributed by atoms with Gasteiger partial charge in [-0.3, -0.25) is 0 Å². The van der Waals surface area contributed by atoms with Crippen molar-refractivity contribution in [1.82, 2.24) is 9.97 Å². The van der Waals surface area contributed by atoms with Crippen molar-refractivity contribution in [3.8, 4) is 0 Å². The largest absolute Gasteiger partial charge is 0.343 e. The van der Waals surface area contributed by atoms with E-state index >= 15 is 0 Å². The van der Waals surface area contributed by atoms with Gasteiger partial charge < -0.3 is 4.90 Å². The Morgan fingerprint density at radius 2 is 2.15 bits per heavy atom. The molecule has 0 atom stereocenters. The minimum atomic E-state index is -2.55. The summed E-state index contributed by atoms with van der Waals surface area (Å²) in [7, 11) is 0. The SMILES string of the molecule is FC1(F)CN(c2ncncc2I)C1. The van der Waals surface area contributed by atoms with E-state index < -0.39 is 5.92 Å². The van der Waals surface area contributed by atoms with Crippen LogP contribution in [0.4, 0.5) is 14.6 Å². The fraction of sp³-hybridized carbons (Fsp3) is 0.429. The van der Waals surface area contributed by atoms with Gasteiger partial charge in [0.25, 0.3) is 5.92 Å². The molecule has 3 nitrogen and oxygen atoms in total. The predicted molar refractivity (Wildman–Crippen MR) is 51.9 cm³/mol. The Kier molecular flexibility index (Phi) is 2.09. The summed E-state index contributed by atoms with van der Waals surface area (Å²) in [6.07, 6.45) is 2.98. The molecule has 0 bridgehead atoms. The van der Waals surface area contributed by atoms with Crippen molar-refractivity contribution in [2.24, 2.45) is 0 Å². The van der Waals surface area contributed by atoms with Gasteiger partial charge in [0.15, 0.2) is 0 Å². The fourth-order valence-electron chi connectivity index (χ4n) is 1.20. The monoisotopic (exact) mass is 297 g/mol. The number of halogens is 3. The Morgan fingerprint density at radius 3 is 2.69 bits per heavy atom. The van der Waals surface area contributed by atoms with Gasteiger partial charge in [-0.15, -0.1) is 0 Å². The lowest BCUT2D eigenvalue weighted by molar-refractivity contribution is -0.0268. The quantitative estimate of drug-likeness (QED) is 0.736. The zero-order valence-electron chi connectivity index (χ0n) is 6.54. The molecule has 1 fully saturated rings. The van der Waals surface area contributed by atoms with Crippen LogP contribution in [0.15, 0.2) is 12.5 Å². The summed E-state index contributed by atoms with van der Waals surface area (Å²) in [5.41, 5.74) is 0. The van der Waals surface area contributed by atoms with Gasteiger partial charge in [0, 0.05) is 6.20 Å². The minimum Gasteiger partial charge on any atom is -0.343 e. The Labute approximate surface area is 87.3 Å². The van der Waals surface area contributed by atoms with Gasteiger partial charge in [-0.2, -0.15) is 0 Å². The molecule has 6 heteroatoms. The van der Waals surface area contributed by atoms with Crippen LogP contribution in [-0.2, 0) is 0 Å². The van der Waals surface area contributed by atoms with Crippen LogP contribution in [0.2, 0.25) is 0 Å². The highest BCUT2D eigenvalue weighted by molar-refractivity contribution is 14.1. The molecule has 1 aliphatic rings. The molecule has 70 valence electrons. The Balaban J connectivity index is 2.16. The summed E-state index contributed by atoms with van der Waals surface area (Å²) in [6, 6.07) is 0. The highest BCUT2D eigenvalue weighted by Gasteiger charge is 2.44. The topological polar surface area (TPSA) is 29.0 Å². The van der Waals surface area contributed by atoms with E-state index in [1.165, 1.54) is 6.33 Å². The number of hydrogen-bond donors (Lipinski definition) is 0. The molecule has 0 N–H and O–H groups in total. The molecule has 0 radical (unpaired) electrons. The standard InChI is InChI=1S/C7H6F2IN3/c8-7(9)2-13(3-7)6-5(10)1-11-4-12-6/h1,4H,2-3H2. The number of nitrogens with zero attached hydrogens (tertiary/aromatic N) is 3. The third-order valence-corrected chi connectivity index (χ3v) is 2.55. The van der Waals surface area contributed by atoms with Crippen LogP contribution in [-0.4, -0.2) is 29.0 Å². The van der Waals surface area contributed by atoms with Crippen molar-refractivity contribution in [2.45, 2.75) is 5.92 Å². The lowest BCUT2D eigenvalue weighted by Gasteiger charge is -2.39. The van der Waals surface area contributed by atoms with E-state index in [1.807, 2.05) is 22.6 Å². The molecule has 2 rings (SSSR count). The van der Waals surface area contributed by atoms with E-state index in [-0.39, 0.29) is 13.1 Å². The fourth-order valence-corrected chi connectivity index (χ4v) is 1.84. The van der Waals surface area contributed by atoms with Gasteiger partial charge in [-0.1, -0.05) is 0 Å². The number of aromatic nitrogens is 2. The van der Waals surface area contributed by atoms with Crippen molar-refractivity contribution < 1.29 is 8.78 Å². The van der Waals surface area contributed by atoms with Crippen molar-refractivity contribution in [1.29, 1.82) is 0 Å². The maximum atomic E-state index is 12.5. The first-order valence-corrected chi connectivity index (χ1v) is 4.75. The van der Waals surface area contributed by atoms with Crippen molar-refractivity contribution in [3.63, 3.8) is 0 Å². The molecule has 0 saturated carbocycles. The van der Waals surface area contributed by atoms with Crippen LogP contribution in [0.3, 0.4) is 0 Å². The first kappa shape index (κ1) is 9.04. The van der Waals surface area contributed by atoms with Gasteiger partial charge in [0.05, 0.1) is 16.7 Å². The van der Waals surface area contributed by atoms with E-state index in [0.717, 1.165) is 3.57 Å². The van der Waals surface area contributed by atoms with Gasteiger partial charge in [0.2, 0.25) is 0 Å². The van der Waals surface area contributed by atoms with Crippen LogP contribution in [0.1, 0.15) is 0 Å². The second-order valence-corrected chi connectivity index (χ2v) is 4.07. The second kappa shape index (κ2) is 3.00. The summed E-state index contributed by atoms with van der Waals surface area (Å²) in [5, 5.41) is 0. The average Bonchev–Trinajstić information content (AvgIpc) is 2.01. The van der Waals surface area contributed by atoms with Gasteiger partial charge in [-0.05, 0) is 22.6 Å². The van der Waals surface area contributed by atoms with Crippen LogP contribution in [0.25, 0.3) is 0 Å². The molecule has 0 amide bonds. The second-order valence-electron chi connectivity index (χ2n) is 2.91. The lowest BCUT2D eigenvalue weighted by Crippen LogP contribution is -2.56. The highest BCUT2D eigenvalue weighted by Crippen LogP contribution is 2.32. The normalized spacial score (nSPS) is 19.8. The summed E-state index contributed by atoms with van der Waals surface area (Å²) in [6.45, 7) is -0.472. The number of alkyl halides is 2. The van der Waals surface area contributed by atoms with Crippen LogP contribution in [0, 0.1) is 3.57 Å². The van der Waals surface area contributed by atoms with Crippen LogP contribution < -0.4 is 4.90 Å². The molecule has 0 unspecified atom stereocenters. The summed E-state index contributed by atoms with van der Waals surface area (Å²) in [4.78, 5) is 9.27. The Morgan fingerprint density at radius 1 is 1.46 bits per heavy atom. The smallest absolute Gasteiger partial charge is 0.282 e. The molecule has 0 aromatic carbocycles. The van der Waals surface area contributed by atoms with Gasteiger partial charge in [-0.25, -0.2) is 18.7 Å². The number of rotatable bonds is 1. The summed E-state index contributed by atoms with van der Waals surface area (Å²) in [5.74, 6) is -1.95. The Bertz CT molecular complexity index is 323. The number of hydrogen-bond acceptors (Lipinski definition) is 3. The van der Waals surface area contributed by atoms with Gasteiger partial charge in [0.1, 0.15) is 12.1 Å². The summed E-state index contributed by atoms with van der Waals surface area (Å²) >= 11 is 2.03. The molecule has 1 aromatic rings. The lowest BCUT2D eigenvalue weighted by atomic mass is 10.1. The zero-order chi connectivity index (χ0) is 9.47. The Hall–Kier alpha value is -0.530. The molecule has 1 saturated heterocycles. The molecule has 2 heterocycles. The maximum absolute atomic E-state index is 12.5. The van der Waals surface area contributed by atoms with E-state index in [0.29, 0.717) is 5.82 Å². The molecule has 1 aliphatic heterocycles. The predicted octanol–water partition coefficient (Wildman–Crippen LogP) is 1.54. The molecular formula is C7H6F2IN3. The van der Waals surface area contributed by atoms with Crippen LogP contribution >= 0.6 is 22.6 Å². The highest BCUT2D eigenvalue weighted by atomic mass is 127. The first-order chi connectivity index (χ1) is 6.08. The van der Waals surface area contributed by atoms with Gasteiger partial charge >= 0.3 is 0 Å². The van der Waals surface area contributed by atoms with Crippen molar-refractivity contribution >= 4 is 28.4 Å². The van der Waals surface area contributed by atoms with Crippen molar-refractivity contribution in [2.75, 3.05) is 18.0 Å². The molecule has 0 spiro atoms. The third kappa shape index (κ3) is 1.72. The first-order valence-electron chi connectivity index (χ1n) is 3.67.